The molecule has 1 amide bonds. The van der Waals surface area contributed by atoms with Gasteiger partial charge in [0.2, 0.25) is 11.9 Å². The quantitative estimate of drug-likeness (QED) is 0.0764. The van der Waals surface area contributed by atoms with Gasteiger partial charge in [0.25, 0.3) is 20.0 Å². The summed E-state index contributed by atoms with van der Waals surface area (Å²) in [5.74, 6) is 1.45. The zero-order chi connectivity index (χ0) is 67.2. The minimum Gasteiger partial charge on any atom is -0.444 e. The summed E-state index contributed by atoms with van der Waals surface area (Å²) in [6, 6.07) is 36.3. The van der Waals surface area contributed by atoms with Crippen LogP contribution >= 0.6 is 23.2 Å². The maximum absolute atomic E-state index is 13.7. The van der Waals surface area contributed by atoms with E-state index in [1.807, 2.05) is 95.0 Å². The molecule has 0 radical (unpaired) electrons. The first-order valence-corrected chi connectivity index (χ1v) is 36.1. The van der Waals surface area contributed by atoms with Crippen LogP contribution in [0.4, 0.5) is 21.5 Å². The molecule has 1 aliphatic heterocycles. The lowest BCUT2D eigenvalue weighted by Crippen LogP contribution is -2.46. The molecule has 9 aromatic rings. The molecule has 12 rings (SSSR count). The van der Waals surface area contributed by atoms with Gasteiger partial charge in [-0.25, -0.2) is 49.5 Å². The van der Waals surface area contributed by atoms with Crippen LogP contribution in [0.25, 0.3) is 44.3 Å². The average molecular weight is 1370 g/mol. The predicted octanol–water partition coefficient (Wildman–Crippen LogP) is 13.9. The van der Waals surface area contributed by atoms with Crippen LogP contribution in [0, 0.1) is 5.92 Å². The summed E-state index contributed by atoms with van der Waals surface area (Å²) in [4.78, 5) is 48.1. The summed E-state index contributed by atoms with van der Waals surface area (Å²) in [6.45, 7) is 14.4. The van der Waals surface area contributed by atoms with Crippen LogP contribution in [0.5, 0.6) is 0 Å². The highest BCUT2D eigenvalue weighted by Gasteiger charge is 2.33. The number of hydrogen-bond acceptors (Lipinski definition) is 16. The maximum atomic E-state index is 13.7. The van der Waals surface area contributed by atoms with Gasteiger partial charge in [0.15, 0.2) is 12.4 Å². The van der Waals surface area contributed by atoms with Gasteiger partial charge in [0.05, 0.1) is 54.7 Å². The second kappa shape index (κ2) is 29.2. The Bertz CT molecular complexity index is 4410. The van der Waals surface area contributed by atoms with E-state index in [1.165, 1.54) is 12.5 Å². The minimum atomic E-state index is -3.86. The number of likely N-dealkylation sites (tertiary alicyclic amines) is 1. The fourth-order valence-electron chi connectivity index (χ4n) is 12.8. The number of carbonyl (C=O) groups excluding carboxylic acids is 2. The highest BCUT2D eigenvalue weighted by atomic mass is 35.5. The van der Waals surface area contributed by atoms with Crippen LogP contribution in [-0.2, 0) is 36.1 Å². The van der Waals surface area contributed by atoms with E-state index < -0.39 is 37.3 Å². The first kappa shape index (κ1) is 68.4. The first-order chi connectivity index (χ1) is 45.4. The molecule has 3 N–H and O–H groups in total. The number of benzene rings is 4. The number of hydrogen-bond donors (Lipinski definition) is 3. The number of fused-ring (bicyclic) bond motifs is 2. The third-order valence-electron chi connectivity index (χ3n) is 17.5. The molecule has 20 nitrogen and oxygen atoms in total. The molecule has 3 aliphatic rings. The van der Waals surface area contributed by atoms with Gasteiger partial charge in [-0.2, -0.15) is 4.79 Å². The molecule has 1 saturated heterocycles. The Balaban J connectivity index is 0.000000193. The topological polar surface area (TPSA) is 229 Å². The van der Waals surface area contributed by atoms with E-state index in [0.29, 0.717) is 74.0 Å². The molecule has 0 unspecified atom stereocenters. The smallest absolute Gasteiger partial charge is 0.444 e. The van der Waals surface area contributed by atoms with Gasteiger partial charge in [-0.05, 0) is 161 Å². The molecule has 2 aliphatic carbocycles. The van der Waals surface area contributed by atoms with Crippen LogP contribution in [0.2, 0.25) is 10.0 Å². The van der Waals surface area contributed by atoms with E-state index in [9.17, 15) is 26.4 Å². The number of nitrogens with zero attached hydrogens (tertiary/aromatic N) is 9. The molecule has 500 valence electrons. The van der Waals surface area contributed by atoms with E-state index in [0.717, 1.165) is 100 Å². The van der Waals surface area contributed by atoms with Gasteiger partial charge >= 0.3 is 12.2 Å². The summed E-state index contributed by atoms with van der Waals surface area (Å²) in [5, 5.41) is 12.8. The summed E-state index contributed by atoms with van der Waals surface area (Å²) >= 11 is 13.3. The largest absolute Gasteiger partial charge is 0.602 e. The van der Waals surface area contributed by atoms with E-state index >= 15 is 0 Å². The van der Waals surface area contributed by atoms with Crippen LogP contribution in [-0.4, -0.2) is 129 Å². The SMILES string of the molecule is CC(C)(C)OC(=O)[n+]1ccc(CN[C@H]2CCC[C@@H](Nc3ncc(Cl)c(-c4cn(S(=O)(=O)c5ccccc5)c5ccccc45)n3)C2)cc1.CN(CC1CCN(C(=O)OC(C)(C)C)CC1)[C@H]1CCC[C@@H](Nc2ncc(Cl)c(-c3cn(S(=O)(=O)c4ccccc4)c4ccccc34)n2)C1. The van der Waals surface area contributed by atoms with Crippen LogP contribution in [0.3, 0.4) is 0 Å². The van der Waals surface area contributed by atoms with Crippen LogP contribution < -0.4 is 20.5 Å². The number of nitrogens with one attached hydrogen (secondary N) is 3. The molecule has 4 aromatic carbocycles. The van der Waals surface area contributed by atoms with Crippen molar-refractivity contribution in [1.82, 2.24) is 43.0 Å². The third-order valence-corrected chi connectivity index (χ3v) is 21.4. The summed E-state index contributed by atoms with van der Waals surface area (Å²) in [7, 11) is -5.50. The maximum Gasteiger partial charge on any atom is 0.602 e. The Hall–Kier alpha value is -7.99. The Morgan fingerprint density at radius 2 is 1.06 bits per heavy atom. The number of piperidine rings is 1. The molecule has 2 saturated carbocycles. The standard InChI is InChI=1S/C36H45ClN6O4S.C35H38ClN6O4S/c1-36(2,3)47-35(44)42-19-17-25(18-20-42)23-41(4)27-12-10-11-26(21-27)39-34-38-22-31(37)33(40-34)30-24-43(32-16-9-8-15-29(30)32)48(45,46)28-13-6-5-7-14-28;1-35(2,3)46-34(43)41-18-16-24(17-19-41)21-37-25-10-9-11-26(20-25)39-33-38-22-30(36)32(40-33)29-23-42(31-15-8-7-14-28(29)31)47(44,45)27-12-5-4-6-13-27/h5-9,13-16,22,24-27H,10-12,17-21,23H2,1-4H3,(H,38,39,40);4-8,12-19,22-23,25-26,37H,9-11,20-21H2,1-3H3,(H,38,39,40)/q;+1/t26-,27+;25-,26+/m10/s1. The lowest BCUT2D eigenvalue weighted by Gasteiger charge is -2.39. The first-order valence-electron chi connectivity index (χ1n) is 32.4. The van der Waals surface area contributed by atoms with Crippen LogP contribution in [0.15, 0.2) is 168 Å². The number of aromatic nitrogens is 7. The number of halogens is 2. The van der Waals surface area contributed by atoms with Gasteiger partial charge in [-0.3, -0.25) is 0 Å². The van der Waals surface area contributed by atoms with Gasteiger partial charge in [0.1, 0.15) is 11.2 Å². The molecule has 0 bridgehead atoms. The van der Waals surface area contributed by atoms with E-state index in [4.69, 9.17) is 42.6 Å². The Kier molecular flexibility index (Phi) is 21.0. The minimum absolute atomic E-state index is 0.139. The molecule has 3 fully saturated rings. The van der Waals surface area contributed by atoms with Crippen molar-refractivity contribution in [2.75, 3.05) is 37.3 Å². The monoisotopic (exact) mass is 1370 g/mol. The number of rotatable bonds is 16. The van der Waals surface area contributed by atoms with Crippen molar-refractivity contribution in [3.8, 4) is 22.5 Å². The molecular weight excluding hydrogens is 1280 g/mol. The molecule has 95 heavy (non-hydrogen) atoms. The second-order valence-electron chi connectivity index (χ2n) is 26.8. The van der Waals surface area contributed by atoms with Gasteiger partial charge in [-0.15, -0.1) is 0 Å². The predicted molar refractivity (Wildman–Crippen MR) is 372 cm³/mol. The van der Waals surface area contributed by atoms with Crippen molar-refractivity contribution in [3.05, 3.63) is 174 Å². The molecule has 4 atom stereocenters. The van der Waals surface area contributed by atoms with Gasteiger partial charge in [0, 0.05) is 96.8 Å². The molecule has 6 heterocycles. The number of anilines is 2. The van der Waals surface area contributed by atoms with E-state index in [1.54, 1.807) is 110 Å². The Morgan fingerprint density at radius 1 is 0.600 bits per heavy atom. The van der Waals surface area contributed by atoms with Crippen LogP contribution in [0.1, 0.15) is 111 Å². The zero-order valence-electron chi connectivity index (χ0n) is 54.7. The highest BCUT2D eigenvalue weighted by molar-refractivity contribution is 7.90. The number of ether oxygens (including phenoxy) is 2. The number of para-hydroxylation sites is 2. The van der Waals surface area contributed by atoms with Gasteiger partial charge < -0.3 is 35.2 Å². The van der Waals surface area contributed by atoms with Crippen molar-refractivity contribution in [2.45, 2.75) is 157 Å². The Morgan fingerprint density at radius 3 is 1.57 bits per heavy atom. The van der Waals surface area contributed by atoms with E-state index in [2.05, 4.69) is 37.9 Å². The normalized spacial score (nSPS) is 18.3. The number of amides is 1. The summed E-state index contributed by atoms with van der Waals surface area (Å²) in [5.41, 5.74) is 3.29. The van der Waals surface area contributed by atoms with Crippen molar-refractivity contribution in [2.24, 2.45) is 5.92 Å². The molecule has 24 heteroatoms. The molecule has 5 aromatic heterocycles. The number of carbonyl (C=O) groups is 2. The van der Waals surface area contributed by atoms with Crippen molar-refractivity contribution >= 4 is 89.1 Å². The van der Waals surface area contributed by atoms with Gasteiger partial charge in [-0.1, -0.05) is 101 Å². The average Bonchev–Trinajstić information content (AvgIpc) is 1.61. The fourth-order valence-corrected chi connectivity index (χ4v) is 15.9. The second-order valence-corrected chi connectivity index (χ2v) is 31.3. The van der Waals surface area contributed by atoms with Crippen molar-refractivity contribution in [3.63, 3.8) is 0 Å². The fraction of sp³-hybridized carbons (Fsp3) is 0.394. The third kappa shape index (κ3) is 16.6. The molecular formula is C71H83Cl2N12O8S2+. The van der Waals surface area contributed by atoms with Crippen molar-refractivity contribution < 1.29 is 40.5 Å². The van der Waals surface area contributed by atoms with E-state index in [-0.39, 0.29) is 34.0 Å². The lowest BCUT2D eigenvalue weighted by molar-refractivity contribution is -0.588. The zero-order valence-corrected chi connectivity index (χ0v) is 57.8. The molecule has 0 spiro atoms. The van der Waals surface area contributed by atoms with Crippen molar-refractivity contribution in [1.29, 1.82) is 0 Å². The lowest BCUT2D eigenvalue weighted by atomic mass is 9.88. The number of pyridine rings is 1. The highest BCUT2D eigenvalue weighted by Crippen LogP contribution is 2.39. The summed E-state index contributed by atoms with van der Waals surface area (Å²) in [6.07, 6.45) is 19.2. The Labute approximate surface area is 566 Å². The summed E-state index contributed by atoms with van der Waals surface area (Å²) < 4.78 is 69.6.